The second-order valence-corrected chi connectivity index (χ2v) is 9.02. The van der Waals surface area contributed by atoms with E-state index in [9.17, 15) is 9.59 Å². The standard InChI is InChI=1S/C25H26O4/c1-24(2,3)14-25-17-12-8-6-10-15(17)19(16-11-7-9-13-18(16)25)20(22(26)28-4)21(25)23(27)29-5/h6-13,19H,14H2,1-5H3. The maximum absolute atomic E-state index is 13.2. The fraction of sp³-hybridized carbons (Fsp3) is 0.360. The Labute approximate surface area is 171 Å². The average Bonchev–Trinajstić information content (AvgIpc) is 2.71. The van der Waals surface area contributed by atoms with Gasteiger partial charge in [0.2, 0.25) is 0 Å². The minimum atomic E-state index is -0.767. The molecule has 4 nitrogen and oxygen atoms in total. The molecule has 5 rings (SSSR count). The number of hydrogen-bond acceptors (Lipinski definition) is 4. The molecule has 4 heteroatoms. The lowest BCUT2D eigenvalue weighted by atomic mass is 9.49. The third-order valence-electron chi connectivity index (χ3n) is 6.04. The van der Waals surface area contributed by atoms with Crippen molar-refractivity contribution in [1.82, 2.24) is 0 Å². The Morgan fingerprint density at radius 3 is 1.79 bits per heavy atom. The summed E-state index contributed by atoms with van der Waals surface area (Å²) >= 11 is 0. The van der Waals surface area contributed by atoms with Crippen molar-refractivity contribution in [2.24, 2.45) is 5.41 Å². The second-order valence-electron chi connectivity index (χ2n) is 9.02. The molecular weight excluding hydrogens is 364 g/mol. The van der Waals surface area contributed by atoms with E-state index in [4.69, 9.17) is 9.47 Å². The normalized spacial score (nSPS) is 22.0. The second kappa shape index (κ2) is 6.58. The highest BCUT2D eigenvalue weighted by molar-refractivity contribution is 6.07. The molecule has 0 unspecified atom stereocenters. The van der Waals surface area contributed by atoms with E-state index in [1.165, 1.54) is 14.2 Å². The third-order valence-corrected chi connectivity index (χ3v) is 6.04. The summed E-state index contributed by atoms with van der Waals surface area (Å²) in [5.74, 6) is -1.29. The minimum Gasteiger partial charge on any atom is -0.466 e. The van der Waals surface area contributed by atoms with Gasteiger partial charge in [0, 0.05) is 5.92 Å². The van der Waals surface area contributed by atoms with Crippen molar-refractivity contribution < 1.29 is 19.1 Å². The summed E-state index contributed by atoms with van der Waals surface area (Å²) in [5.41, 5.74) is 4.21. The molecule has 0 heterocycles. The quantitative estimate of drug-likeness (QED) is 0.724. The van der Waals surface area contributed by atoms with Gasteiger partial charge in [-0.05, 0) is 34.1 Å². The lowest BCUT2D eigenvalue weighted by Crippen LogP contribution is -2.48. The molecule has 3 aliphatic carbocycles. The van der Waals surface area contributed by atoms with E-state index in [0.29, 0.717) is 17.6 Å². The van der Waals surface area contributed by atoms with Crippen LogP contribution in [0.4, 0.5) is 0 Å². The van der Waals surface area contributed by atoms with Gasteiger partial charge in [-0.2, -0.15) is 0 Å². The van der Waals surface area contributed by atoms with Gasteiger partial charge in [0.05, 0.1) is 30.8 Å². The molecular formula is C25H26O4. The molecule has 0 spiro atoms. The van der Waals surface area contributed by atoms with E-state index in [-0.39, 0.29) is 11.3 Å². The van der Waals surface area contributed by atoms with Gasteiger partial charge in [0.25, 0.3) is 0 Å². The molecule has 0 aliphatic heterocycles. The smallest absolute Gasteiger partial charge is 0.335 e. The Morgan fingerprint density at radius 2 is 1.34 bits per heavy atom. The maximum Gasteiger partial charge on any atom is 0.335 e. The van der Waals surface area contributed by atoms with Crippen LogP contribution in [0.5, 0.6) is 0 Å². The number of esters is 2. The molecule has 3 aliphatic rings. The van der Waals surface area contributed by atoms with Gasteiger partial charge < -0.3 is 9.47 Å². The Bertz CT molecular complexity index is 991. The first-order valence-electron chi connectivity index (χ1n) is 9.86. The zero-order chi connectivity index (χ0) is 21.0. The zero-order valence-electron chi connectivity index (χ0n) is 17.5. The van der Waals surface area contributed by atoms with Gasteiger partial charge in [-0.1, -0.05) is 69.3 Å². The first-order chi connectivity index (χ1) is 13.8. The van der Waals surface area contributed by atoms with Crippen LogP contribution in [0.1, 0.15) is 55.4 Å². The predicted molar refractivity (Wildman–Crippen MR) is 111 cm³/mol. The zero-order valence-corrected chi connectivity index (χ0v) is 17.5. The molecule has 0 fully saturated rings. The van der Waals surface area contributed by atoms with Gasteiger partial charge in [0.15, 0.2) is 0 Å². The fourth-order valence-electron chi connectivity index (χ4n) is 5.33. The van der Waals surface area contributed by atoms with Crippen LogP contribution in [0.2, 0.25) is 0 Å². The van der Waals surface area contributed by atoms with Gasteiger partial charge >= 0.3 is 11.9 Å². The highest BCUT2D eigenvalue weighted by Crippen LogP contribution is 2.62. The summed E-state index contributed by atoms with van der Waals surface area (Å²) in [4.78, 5) is 26.2. The first kappa shape index (κ1) is 19.4. The van der Waals surface area contributed by atoms with E-state index < -0.39 is 17.4 Å². The van der Waals surface area contributed by atoms with Gasteiger partial charge in [-0.3, -0.25) is 0 Å². The molecule has 29 heavy (non-hydrogen) atoms. The highest BCUT2D eigenvalue weighted by atomic mass is 16.5. The van der Waals surface area contributed by atoms with Gasteiger partial charge in [-0.25, -0.2) is 9.59 Å². The molecule has 0 amide bonds. The lowest BCUT2D eigenvalue weighted by molar-refractivity contribution is -0.140. The van der Waals surface area contributed by atoms with Crippen LogP contribution in [0.3, 0.4) is 0 Å². The number of ether oxygens (including phenoxy) is 2. The van der Waals surface area contributed by atoms with E-state index >= 15 is 0 Å². The highest BCUT2D eigenvalue weighted by Gasteiger charge is 2.58. The molecule has 0 saturated carbocycles. The van der Waals surface area contributed by atoms with Crippen molar-refractivity contribution in [3.8, 4) is 0 Å². The molecule has 150 valence electrons. The average molecular weight is 390 g/mol. The molecule has 0 aromatic heterocycles. The molecule has 0 radical (unpaired) electrons. The summed E-state index contributed by atoms with van der Waals surface area (Å²) in [6, 6.07) is 16.3. The molecule has 2 bridgehead atoms. The number of benzene rings is 2. The van der Waals surface area contributed by atoms with Crippen LogP contribution >= 0.6 is 0 Å². The molecule has 0 saturated heterocycles. The number of carbonyl (C=O) groups is 2. The predicted octanol–water partition coefficient (Wildman–Crippen LogP) is 4.51. The van der Waals surface area contributed by atoms with Crippen LogP contribution in [0.25, 0.3) is 0 Å². The first-order valence-corrected chi connectivity index (χ1v) is 9.86. The van der Waals surface area contributed by atoms with Crippen molar-refractivity contribution in [3.05, 3.63) is 81.9 Å². The molecule has 2 aromatic rings. The van der Waals surface area contributed by atoms with Gasteiger partial charge in [0.1, 0.15) is 0 Å². The Morgan fingerprint density at radius 1 is 0.862 bits per heavy atom. The van der Waals surface area contributed by atoms with Crippen LogP contribution in [0, 0.1) is 5.41 Å². The van der Waals surface area contributed by atoms with Gasteiger partial charge in [-0.15, -0.1) is 0 Å². The molecule has 0 N–H and O–H groups in total. The fourth-order valence-corrected chi connectivity index (χ4v) is 5.33. The monoisotopic (exact) mass is 390 g/mol. The van der Waals surface area contributed by atoms with Crippen LogP contribution in [0.15, 0.2) is 59.7 Å². The van der Waals surface area contributed by atoms with Crippen molar-refractivity contribution in [1.29, 1.82) is 0 Å². The van der Waals surface area contributed by atoms with Crippen molar-refractivity contribution >= 4 is 11.9 Å². The summed E-state index contributed by atoms with van der Waals surface area (Å²) in [6.45, 7) is 6.46. The summed E-state index contributed by atoms with van der Waals surface area (Å²) < 4.78 is 10.4. The van der Waals surface area contributed by atoms with E-state index in [1.807, 2.05) is 24.3 Å². The molecule has 2 aromatic carbocycles. The Kier molecular flexibility index (Phi) is 4.41. The summed E-state index contributed by atoms with van der Waals surface area (Å²) in [6.07, 6.45) is 0.658. The van der Waals surface area contributed by atoms with Crippen LogP contribution in [-0.4, -0.2) is 26.2 Å². The summed E-state index contributed by atoms with van der Waals surface area (Å²) in [5, 5.41) is 0. The SMILES string of the molecule is COC(=O)C1=C(C(=O)OC)C2(CC(C)(C)C)c3ccccc3C1c1ccccc12. The summed E-state index contributed by atoms with van der Waals surface area (Å²) in [7, 11) is 2.73. The topological polar surface area (TPSA) is 52.6 Å². The Hall–Kier alpha value is -2.88. The van der Waals surface area contributed by atoms with Crippen LogP contribution in [-0.2, 0) is 24.5 Å². The minimum absolute atomic E-state index is 0.120. The number of methoxy groups -OCH3 is 2. The van der Waals surface area contributed by atoms with Crippen molar-refractivity contribution in [2.45, 2.75) is 38.5 Å². The number of rotatable bonds is 3. The van der Waals surface area contributed by atoms with E-state index in [2.05, 4.69) is 45.0 Å². The lowest BCUT2D eigenvalue weighted by Gasteiger charge is -2.52. The maximum atomic E-state index is 13.2. The van der Waals surface area contributed by atoms with E-state index in [0.717, 1.165) is 22.3 Å². The van der Waals surface area contributed by atoms with Crippen molar-refractivity contribution in [3.63, 3.8) is 0 Å². The molecule has 0 atom stereocenters. The Balaban J connectivity index is 2.20. The van der Waals surface area contributed by atoms with Crippen molar-refractivity contribution in [2.75, 3.05) is 14.2 Å². The number of hydrogen-bond donors (Lipinski definition) is 0. The number of carbonyl (C=O) groups excluding carboxylic acids is 2. The van der Waals surface area contributed by atoms with E-state index in [1.54, 1.807) is 0 Å². The van der Waals surface area contributed by atoms with Crippen LogP contribution < -0.4 is 0 Å². The largest absolute Gasteiger partial charge is 0.466 e. The third kappa shape index (κ3) is 2.65.